The molecule has 0 aliphatic heterocycles. The molecule has 0 saturated heterocycles. The van der Waals surface area contributed by atoms with Gasteiger partial charge in [0, 0.05) is 12.4 Å². The van der Waals surface area contributed by atoms with Gasteiger partial charge >= 0.3 is 0 Å². The largest absolute Gasteiger partial charge is 0.265 e. The summed E-state index contributed by atoms with van der Waals surface area (Å²) in [5.41, 5.74) is 0.926. The highest BCUT2D eigenvalue weighted by Crippen LogP contribution is 2.32. The molecule has 96 valence electrons. The van der Waals surface area contributed by atoms with Crippen molar-refractivity contribution in [1.82, 2.24) is 9.71 Å². The van der Waals surface area contributed by atoms with Crippen LogP contribution in [0, 0.1) is 17.2 Å². The Morgan fingerprint density at radius 2 is 2.11 bits per heavy atom. The Kier molecular flexibility index (Phi) is 3.94. The van der Waals surface area contributed by atoms with Crippen molar-refractivity contribution >= 4 is 10.0 Å². The number of nitrogens with zero attached hydrogens (tertiary/aromatic N) is 2. The highest BCUT2D eigenvalue weighted by Gasteiger charge is 2.33. The van der Waals surface area contributed by atoms with Gasteiger partial charge in [-0.1, -0.05) is 0 Å². The number of aryl methyl sites for hydroxylation is 1. The van der Waals surface area contributed by atoms with Crippen molar-refractivity contribution in [1.29, 1.82) is 5.26 Å². The zero-order valence-corrected chi connectivity index (χ0v) is 10.7. The fourth-order valence-corrected chi connectivity index (χ4v) is 2.97. The number of hydrogen-bond acceptors (Lipinski definition) is 4. The van der Waals surface area contributed by atoms with Crippen molar-refractivity contribution in [3.05, 3.63) is 30.1 Å². The second-order valence-electron chi connectivity index (χ2n) is 4.49. The Bertz CT molecular complexity index is 532. The number of sulfonamides is 1. The topological polar surface area (TPSA) is 82.9 Å². The molecule has 5 nitrogen and oxygen atoms in total. The van der Waals surface area contributed by atoms with E-state index >= 15 is 0 Å². The molecule has 0 radical (unpaired) electrons. The van der Waals surface area contributed by atoms with Gasteiger partial charge in [-0.3, -0.25) is 4.98 Å². The molecule has 1 aromatic rings. The van der Waals surface area contributed by atoms with Crippen molar-refractivity contribution in [2.75, 3.05) is 5.75 Å². The zero-order valence-electron chi connectivity index (χ0n) is 9.91. The lowest BCUT2D eigenvalue weighted by Gasteiger charge is -2.10. The average molecular weight is 265 g/mol. The summed E-state index contributed by atoms with van der Waals surface area (Å²) >= 11 is 0. The lowest BCUT2D eigenvalue weighted by molar-refractivity contribution is 0.559. The molecule has 1 N–H and O–H groups in total. The number of nitrogens with one attached hydrogen (secondary N) is 1. The first-order chi connectivity index (χ1) is 8.61. The maximum absolute atomic E-state index is 11.8. The number of aromatic nitrogens is 1. The van der Waals surface area contributed by atoms with Gasteiger partial charge in [-0.2, -0.15) is 9.98 Å². The Morgan fingerprint density at radius 1 is 1.44 bits per heavy atom. The molecule has 0 amide bonds. The van der Waals surface area contributed by atoms with E-state index in [2.05, 4.69) is 9.71 Å². The van der Waals surface area contributed by atoms with E-state index in [9.17, 15) is 8.42 Å². The second-order valence-corrected chi connectivity index (χ2v) is 6.36. The van der Waals surface area contributed by atoms with E-state index in [0.717, 1.165) is 18.4 Å². The van der Waals surface area contributed by atoms with Gasteiger partial charge < -0.3 is 0 Å². The fraction of sp³-hybridized carbons (Fsp3) is 0.500. The third-order valence-corrected chi connectivity index (χ3v) is 4.30. The minimum Gasteiger partial charge on any atom is -0.265 e. The maximum atomic E-state index is 11.8. The van der Waals surface area contributed by atoms with E-state index < -0.39 is 16.1 Å². The summed E-state index contributed by atoms with van der Waals surface area (Å²) in [5.74, 6) is 0.202. The number of hydrogen-bond donors (Lipinski definition) is 1. The fourth-order valence-electron chi connectivity index (χ4n) is 1.71. The van der Waals surface area contributed by atoms with Crippen LogP contribution in [0.3, 0.4) is 0 Å². The minimum absolute atomic E-state index is 0.00190. The normalized spacial score (nSPS) is 17.1. The van der Waals surface area contributed by atoms with Crippen molar-refractivity contribution < 1.29 is 8.42 Å². The predicted molar refractivity (Wildman–Crippen MR) is 67.0 cm³/mol. The number of rotatable bonds is 6. The molecule has 0 spiro atoms. The SMILES string of the molecule is N#CC(NS(=O)(=O)CCc1ccncc1)C1CC1. The lowest BCUT2D eigenvalue weighted by Crippen LogP contribution is -2.37. The van der Waals surface area contributed by atoms with E-state index in [1.807, 2.05) is 6.07 Å². The van der Waals surface area contributed by atoms with Gasteiger partial charge in [0.15, 0.2) is 0 Å². The third kappa shape index (κ3) is 3.79. The highest BCUT2D eigenvalue weighted by atomic mass is 32.2. The van der Waals surface area contributed by atoms with Crippen LogP contribution in [0.2, 0.25) is 0 Å². The van der Waals surface area contributed by atoms with Gasteiger partial charge in [-0.25, -0.2) is 8.42 Å². The lowest BCUT2D eigenvalue weighted by atomic mass is 10.2. The molecule has 1 heterocycles. The zero-order chi connectivity index (χ0) is 13.0. The summed E-state index contributed by atoms with van der Waals surface area (Å²) in [7, 11) is -3.39. The van der Waals surface area contributed by atoms with Crippen LogP contribution >= 0.6 is 0 Å². The summed E-state index contributed by atoms with van der Waals surface area (Å²) in [6.07, 6.45) is 5.58. The van der Waals surface area contributed by atoms with Crippen molar-refractivity contribution in [3.63, 3.8) is 0 Å². The van der Waals surface area contributed by atoms with E-state index in [0.29, 0.717) is 6.42 Å². The van der Waals surface area contributed by atoms with Gasteiger partial charge in [0.25, 0.3) is 0 Å². The van der Waals surface area contributed by atoms with Gasteiger partial charge in [-0.15, -0.1) is 0 Å². The molecule has 18 heavy (non-hydrogen) atoms. The molecule has 1 aliphatic carbocycles. The Hall–Kier alpha value is -1.45. The molecule has 6 heteroatoms. The molecule has 2 rings (SSSR count). The van der Waals surface area contributed by atoms with Crippen molar-refractivity contribution in [2.24, 2.45) is 5.92 Å². The maximum Gasteiger partial charge on any atom is 0.213 e. The second kappa shape index (κ2) is 5.46. The van der Waals surface area contributed by atoms with Crippen LogP contribution in [0.15, 0.2) is 24.5 Å². The molecule has 0 bridgehead atoms. The molecule has 1 fully saturated rings. The van der Waals surface area contributed by atoms with E-state index in [4.69, 9.17) is 5.26 Å². The average Bonchev–Trinajstić information content (AvgIpc) is 3.19. The first-order valence-corrected chi connectivity index (χ1v) is 7.54. The van der Waals surface area contributed by atoms with Gasteiger partial charge in [-0.05, 0) is 42.9 Å². The minimum atomic E-state index is -3.39. The van der Waals surface area contributed by atoms with Gasteiger partial charge in [0.2, 0.25) is 10.0 Å². The van der Waals surface area contributed by atoms with E-state index in [-0.39, 0.29) is 11.7 Å². The molecule has 1 unspecified atom stereocenters. The molecule has 1 saturated carbocycles. The first-order valence-electron chi connectivity index (χ1n) is 5.89. The Morgan fingerprint density at radius 3 is 2.67 bits per heavy atom. The summed E-state index contributed by atoms with van der Waals surface area (Å²) in [6, 6.07) is 5.04. The van der Waals surface area contributed by atoms with E-state index in [1.165, 1.54) is 0 Å². The van der Waals surface area contributed by atoms with Gasteiger partial charge in [0.05, 0.1) is 11.8 Å². The van der Waals surface area contributed by atoms with Crippen LogP contribution in [0.1, 0.15) is 18.4 Å². The highest BCUT2D eigenvalue weighted by molar-refractivity contribution is 7.89. The molecule has 0 aromatic carbocycles. The van der Waals surface area contributed by atoms with Crippen molar-refractivity contribution in [3.8, 4) is 6.07 Å². The van der Waals surface area contributed by atoms with Crippen LogP contribution in [0.5, 0.6) is 0 Å². The summed E-state index contributed by atoms with van der Waals surface area (Å²) in [5, 5.41) is 8.90. The first kappa shape index (κ1) is 13.0. The molecular formula is C12H15N3O2S. The van der Waals surface area contributed by atoms with Crippen LogP contribution in [-0.2, 0) is 16.4 Å². The third-order valence-electron chi connectivity index (χ3n) is 2.95. The smallest absolute Gasteiger partial charge is 0.213 e. The monoisotopic (exact) mass is 265 g/mol. The molecular weight excluding hydrogens is 250 g/mol. The Labute approximate surface area is 107 Å². The van der Waals surface area contributed by atoms with Gasteiger partial charge in [0.1, 0.15) is 6.04 Å². The molecule has 1 aliphatic rings. The molecule has 1 aromatic heterocycles. The predicted octanol–water partition coefficient (Wildman–Crippen LogP) is 0.846. The summed E-state index contributed by atoms with van der Waals surface area (Å²) < 4.78 is 26.1. The van der Waals surface area contributed by atoms with E-state index in [1.54, 1.807) is 24.5 Å². The number of nitriles is 1. The Balaban J connectivity index is 1.89. The summed E-state index contributed by atoms with van der Waals surface area (Å²) in [4.78, 5) is 3.87. The van der Waals surface area contributed by atoms with Crippen LogP contribution in [-0.4, -0.2) is 25.2 Å². The quantitative estimate of drug-likeness (QED) is 0.826. The van der Waals surface area contributed by atoms with Crippen LogP contribution < -0.4 is 4.72 Å². The summed E-state index contributed by atoms with van der Waals surface area (Å²) in [6.45, 7) is 0. The number of pyridine rings is 1. The van der Waals surface area contributed by atoms with Crippen LogP contribution in [0.4, 0.5) is 0 Å². The van der Waals surface area contributed by atoms with Crippen LogP contribution in [0.25, 0.3) is 0 Å². The van der Waals surface area contributed by atoms with Crippen molar-refractivity contribution in [2.45, 2.75) is 25.3 Å². The molecule has 1 atom stereocenters. The standard InChI is InChI=1S/C12H15N3O2S/c13-9-12(11-1-2-11)15-18(16,17)8-5-10-3-6-14-7-4-10/h3-4,6-7,11-12,15H,1-2,5,8H2.